The molecule has 0 bridgehead atoms. The zero-order valence-electron chi connectivity index (χ0n) is 3.23. The van der Waals surface area contributed by atoms with Gasteiger partial charge in [0.2, 0.25) is 0 Å². The molecule has 0 aliphatic carbocycles. The van der Waals surface area contributed by atoms with Crippen molar-refractivity contribution in [2.75, 3.05) is 7.05 Å². The molecule has 0 unspecified atom stereocenters. The van der Waals surface area contributed by atoms with Gasteiger partial charge in [0.05, 0.1) is 0 Å². The van der Waals surface area contributed by atoms with Crippen molar-refractivity contribution >= 4 is 6.09 Å². The summed E-state index contributed by atoms with van der Waals surface area (Å²) in [6.45, 7) is 0. The summed E-state index contributed by atoms with van der Waals surface area (Å²) >= 11 is 0. The Bertz CT molecular complexity index is 46.8. The summed E-state index contributed by atoms with van der Waals surface area (Å²) in [5.74, 6) is 0. The molecule has 3 nitrogen and oxygen atoms in total. The van der Waals surface area contributed by atoms with Crippen LogP contribution in [0.3, 0.4) is 0 Å². The Morgan fingerprint density at radius 2 is 2.00 bits per heavy atom. The normalized spacial score (nSPS) is 5.50. The maximum absolute atomic E-state index is 9.26. The molecule has 6 heavy (non-hydrogen) atoms. The SMILES string of the molecule is CNC(=O)O.[Re]. The molecule has 0 atom stereocenters. The maximum atomic E-state index is 9.26. The monoisotopic (exact) mass is 262 g/mol. The molecule has 0 aliphatic heterocycles. The number of nitrogens with one attached hydrogen (secondary N) is 1. The molecule has 1 radical (unpaired) electrons. The summed E-state index contributed by atoms with van der Waals surface area (Å²) in [5.41, 5.74) is 0. The van der Waals surface area contributed by atoms with Crippen molar-refractivity contribution in [3.8, 4) is 0 Å². The summed E-state index contributed by atoms with van der Waals surface area (Å²) in [6, 6.07) is 0. The van der Waals surface area contributed by atoms with Crippen LogP contribution in [-0.2, 0) is 20.4 Å². The van der Waals surface area contributed by atoms with E-state index in [9.17, 15) is 4.79 Å². The fourth-order valence-corrected chi connectivity index (χ4v) is 0. The minimum absolute atomic E-state index is 0. The summed E-state index contributed by atoms with van der Waals surface area (Å²) < 4.78 is 0. The van der Waals surface area contributed by atoms with Crippen molar-refractivity contribution in [3.63, 3.8) is 0 Å². The van der Waals surface area contributed by atoms with Gasteiger partial charge in [0, 0.05) is 27.5 Å². The number of amides is 1. The zero-order chi connectivity index (χ0) is 4.28. The van der Waals surface area contributed by atoms with E-state index in [-0.39, 0.29) is 20.4 Å². The Kier molecular flexibility index (Phi) is 7.67. The van der Waals surface area contributed by atoms with Crippen molar-refractivity contribution in [2.45, 2.75) is 0 Å². The molecule has 0 aromatic heterocycles. The first-order valence-electron chi connectivity index (χ1n) is 1.18. The molecule has 2 N–H and O–H groups in total. The van der Waals surface area contributed by atoms with Crippen molar-refractivity contribution < 1.29 is 30.3 Å². The quantitative estimate of drug-likeness (QED) is 0.639. The van der Waals surface area contributed by atoms with Gasteiger partial charge in [-0.15, -0.1) is 0 Å². The molecule has 0 aliphatic rings. The molecule has 0 heterocycles. The predicted molar refractivity (Wildman–Crippen MR) is 17.1 cm³/mol. The van der Waals surface area contributed by atoms with Gasteiger partial charge in [-0.1, -0.05) is 0 Å². The molecule has 0 saturated heterocycles. The smallest absolute Gasteiger partial charge is 0.404 e. The molecule has 0 spiro atoms. The zero-order valence-corrected chi connectivity index (χ0v) is 5.95. The average Bonchev–Trinajstić information content (AvgIpc) is 1.38. The first kappa shape index (κ1) is 9.33. The van der Waals surface area contributed by atoms with Gasteiger partial charge in [-0.3, -0.25) is 0 Å². The Morgan fingerprint density at radius 1 is 1.83 bits per heavy atom. The second kappa shape index (κ2) is 4.93. The molecule has 0 aromatic carbocycles. The van der Waals surface area contributed by atoms with E-state index in [2.05, 4.69) is 0 Å². The van der Waals surface area contributed by atoms with Crippen LogP contribution in [-0.4, -0.2) is 18.2 Å². The fraction of sp³-hybridized carbons (Fsp3) is 0.500. The molecule has 4 heteroatoms. The topological polar surface area (TPSA) is 49.3 Å². The van der Waals surface area contributed by atoms with Crippen LogP contribution in [0, 0.1) is 0 Å². The van der Waals surface area contributed by atoms with Gasteiger partial charge in [-0.25, -0.2) is 4.79 Å². The third-order valence-corrected chi connectivity index (χ3v) is 0.214. The summed E-state index contributed by atoms with van der Waals surface area (Å²) in [6.07, 6.45) is -0.995. The van der Waals surface area contributed by atoms with E-state index in [1.54, 1.807) is 0 Å². The van der Waals surface area contributed by atoms with Crippen LogP contribution >= 0.6 is 0 Å². The van der Waals surface area contributed by atoms with Gasteiger partial charge < -0.3 is 10.4 Å². The van der Waals surface area contributed by atoms with Gasteiger partial charge in [0.1, 0.15) is 0 Å². The van der Waals surface area contributed by atoms with E-state index in [0.717, 1.165) is 0 Å². The molecule has 1 amide bonds. The van der Waals surface area contributed by atoms with E-state index >= 15 is 0 Å². The second-order valence-electron chi connectivity index (χ2n) is 0.555. The van der Waals surface area contributed by atoms with Crippen LogP contribution in [0.25, 0.3) is 0 Å². The van der Waals surface area contributed by atoms with E-state index < -0.39 is 6.09 Å². The Hall–Kier alpha value is -0.0677. The molecule has 0 aromatic rings. The second-order valence-corrected chi connectivity index (χ2v) is 0.555. The van der Waals surface area contributed by atoms with Crippen LogP contribution in [0.15, 0.2) is 0 Å². The summed E-state index contributed by atoms with van der Waals surface area (Å²) in [4.78, 5) is 9.26. The third-order valence-electron chi connectivity index (χ3n) is 0.214. The third kappa shape index (κ3) is 9.06. The maximum Gasteiger partial charge on any atom is 0.404 e. The first-order chi connectivity index (χ1) is 2.27. The summed E-state index contributed by atoms with van der Waals surface area (Å²) in [5, 5.41) is 9.56. The fourth-order valence-electron chi connectivity index (χ4n) is 0. The molecular weight excluding hydrogens is 256 g/mol. The van der Waals surface area contributed by atoms with Crippen LogP contribution in [0.5, 0.6) is 0 Å². The standard InChI is InChI=1S/C2H5NO2.Re/c1-3-2(4)5;/h3H,1H3,(H,4,5);. The number of hydrogen-bond donors (Lipinski definition) is 2. The Labute approximate surface area is 49.4 Å². The van der Waals surface area contributed by atoms with E-state index in [1.165, 1.54) is 7.05 Å². The van der Waals surface area contributed by atoms with Gasteiger partial charge >= 0.3 is 6.09 Å². The van der Waals surface area contributed by atoms with Crippen LogP contribution in [0.4, 0.5) is 4.79 Å². The molecule has 0 fully saturated rings. The largest absolute Gasteiger partial charge is 0.465 e. The molecular formula is C2H5NO2Re. The predicted octanol–water partition coefficient (Wildman–Crippen LogP) is -0.119. The van der Waals surface area contributed by atoms with Gasteiger partial charge in [0.15, 0.2) is 0 Å². The van der Waals surface area contributed by atoms with E-state index in [0.29, 0.717) is 0 Å². The van der Waals surface area contributed by atoms with Gasteiger partial charge in [0.25, 0.3) is 0 Å². The van der Waals surface area contributed by atoms with Gasteiger partial charge in [-0.05, 0) is 0 Å². The average molecular weight is 261 g/mol. The summed E-state index contributed by atoms with van der Waals surface area (Å²) in [7, 11) is 1.35. The molecule has 0 rings (SSSR count). The van der Waals surface area contributed by atoms with Crippen molar-refractivity contribution in [1.82, 2.24) is 5.32 Å². The molecule has 37 valence electrons. The van der Waals surface area contributed by atoms with Crippen LogP contribution in [0.2, 0.25) is 0 Å². The minimum Gasteiger partial charge on any atom is -0.465 e. The van der Waals surface area contributed by atoms with Crippen molar-refractivity contribution in [2.24, 2.45) is 0 Å². The van der Waals surface area contributed by atoms with Crippen molar-refractivity contribution in [3.05, 3.63) is 0 Å². The van der Waals surface area contributed by atoms with E-state index in [1.807, 2.05) is 5.32 Å². The van der Waals surface area contributed by atoms with E-state index in [4.69, 9.17) is 5.11 Å². The molecule has 0 saturated carbocycles. The first-order valence-corrected chi connectivity index (χ1v) is 1.18. The van der Waals surface area contributed by atoms with Crippen LogP contribution < -0.4 is 5.32 Å². The number of carboxylic acid groups (broad SMARTS) is 1. The van der Waals surface area contributed by atoms with Gasteiger partial charge in [-0.2, -0.15) is 0 Å². The van der Waals surface area contributed by atoms with Crippen LogP contribution in [0.1, 0.15) is 0 Å². The Morgan fingerprint density at radius 3 is 2.00 bits per heavy atom. The number of hydrogen-bond acceptors (Lipinski definition) is 1. The number of rotatable bonds is 0. The number of carbonyl (C=O) groups is 1. The minimum atomic E-state index is -0.995. The van der Waals surface area contributed by atoms with Crippen molar-refractivity contribution in [1.29, 1.82) is 0 Å². The Balaban J connectivity index is 0.